The Morgan fingerprint density at radius 2 is 1.43 bits per heavy atom. The van der Waals surface area contributed by atoms with Crippen molar-refractivity contribution in [2.24, 2.45) is 62.1 Å². The molecule has 1 amide bonds. The molecule has 0 unspecified atom stereocenters. The van der Waals surface area contributed by atoms with E-state index in [9.17, 15) is 5.11 Å². The molecule has 1 N–H and O–H groups in total. The summed E-state index contributed by atoms with van der Waals surface area (Å²) >= 11 is 0. The lowest BCUT2D eigenvalue weighted by Crippen LogP contribution is -2.67. The van der Waals surface area contributed by atoms with Gasteiger partial charge < -0.3 is 14.9 Å². The van der Waals surface area contributed by atoms with Crippen molar-refractivity contribution in [1.82, 2.24) is 9.80 Å². The fraction of sp³-hybridized carbons (Fsp3) is 0.975. The first kappa shape index (κ1) is 30.7. The fourth-order valence-corrected chi connectivity index (χ4v) is 15.1. The van der Waals surface area contributed by atoms with Gasteiger partial charge in [0.05, 0.1) is 11.5 Å². The Bertz CT molecular complexity index is 1160. The van der Waals surface area contributed by atoms with Gasteiger partial charge in [0.15, 0.2) is 0 Å². The Hall–Kier alpha value is -0.610. The van der Waals surface area contributed by atoms with E-state index in [-0.39, 0.29) is 16.9 Å². The highest BCUT2D eigenvalue weighted by Gasteiger charge is 2.73. The second kappa shape index (κ2) is 9.96. The van der Waals surface area contributed by atoms with Crippen molar-refractivity contribution in [3.05, 3.63) is 0 Å². The second-order valence-corrected chi connectivity index (χ2v) is 19.8. The van der Waals surface area contributed by atoms with Gasteiger partial charge in [0, 0.05) is 19.1 Å². The highest BCUT2D eigenvalue weighted by molar-refractivity contribution is 5.84. The lowest BCUT2D eigenvalue weighted by atomic mass is 9.32. The first-order valence-corrected chi connectivity index (χ1v) is 19.5. The monoisotopic (exact) mass is 607 g/mol. The zero-order valence-corrected chi connectivity index (χ0v) is 29.4. The molecular formula is C40H66N2O2. The van der Waals surface area contributed by atoms with Crippen LogP contribution in [0.1, 0.15) is 144 Å². The van der Waals surface area contributed by atoms with Crippen LogP contribution >= 0.6 is 0 Å². The smallest absolute Gasteiger partial charge is 0.229 e. The number of hydrogen-bond acceptors (Lipinski definition) is 3. The summed E-state index contributed by atoms with van der Waals surface area (Å²) in [4.78, 5) is 20.4. The van der Waals surface area contributed by atoms with Crippen molar-refractivity contribution in [2.75, 3.05) is 26.2 Å². The summed E-state index contributed by atoms with van der Waals surface area (Å²) in [5.41, 5.74) is 1.36. The Balaban J connectivity index is 1.14. The van der Waals surface area contributed by atoms with Crippen LogP contribution in [0, 0.1) is 62.1 Å². The number of fused-ring (bicyclic) bond motifs is 7. The largest absolute Gasteiger partial charge is 0.393 e. The van der Waals surface area contributed by atoms with E-state index in [0.29, 0.717) is 51.4 Å². The molecule has 0 radical (unpaired) electrons. The molecule has 6 saturated carbocycles. The quantitative estimate of drug-likeness (QED) is 0.350. The van der Waals surface area contributed by atoms with Crippen LogP contribution in [0.2, 0.25) is 0 Å². The van der Waals surface area contributed by atoms with Crippen molar-refractivity contribution in [1.29, 1.82) is 0 Å². The normalized spacial score (nSPS) is 52.6. The second-order valence-electron chi connectivity index (χ2n) is 19.8. The minimum absolute atomic E-state index is 0.0126. The Labute approximate surface area is 269 Å². The molecular weight excluding hydrogens is 540 g/mol. The van der Waals surface area contributed by atoms with Gasteiger partial charge in [-0.3, -0.25) is 4.79 Å². The number of carbonyl (C=O) groups excluding carboxylic acids is 1. The van der Waals surface area contributed by atoms with Gasteiger partial charge in [0.1, 0.15) is 0 Å². The van der Waals surface area contributed by atoms with Crippen molar-refractivity contribution in [3.63, 3.8) is 0 Å². The SMILES string of the molecule is CC1([C@@H]2CC[C@]3(C(=O)N4CCC[C@H]4CN4CCCC4)CC[C@]4(C)[C@H](CC[C@@H]5[C@@]6(C)CC[C@H](O)C(C)(C)[C@@H]6CC[C@]54C)[C@@H]23)CC1. The maximum Gasteiger partial charge on any atom is 0.229 e. The predicted molar refractivity (Wildman–Crippen MR) is 178 cm³/mol. The third-order valence-corrected chi connectivity index (χ3v) is 18.1. The molecule has 2 heterocycles. The number of amides is 1. The maximum atomic E-state index is 15.2. The van der Waals surface area contributed by atoms with Gasteiger partial charge in [-0.1, -0.05) is 41.5 Å². The molecule has 0 aromatic carbocycles. The van der Waals surface area contributed by atoms with Crippen molar-refractivity contribution >= 4 is 5.91 Å². The molecule has 0 spiro atoms. The van der Waals surface area contributed by atoms with Crippen LogP contribution in [-0.2, 0) is 4.79 Å². The maximum absolute atomic E-state index is 15.2. The van der Waals surface area contributed by atoms with E-state index in [1.54, 1.807) is 0 Å². The highest BCUT2D eigenvalue weighted by Crippen LogP contribution is 2.79. The summed E-state index contributed by atoms with van der Waals surface area (Å²) in [7, 11) is 0. The number of rotatable bonds is 4. The molecule has 8 aliphatic rings. The van der Waals surface area contributed by atoms with Crippen molar-refractivity contribution in [2.45, 2.75) is 156 Å². The molecule has 6 aliphatic carbocycles. The number of hydrogen-bond donors (Lipinski definition) is 1. The van der Waals surface area contributed by atoms with E-state index in [4.69, 9.17) is 0 Å². The Morgan fingerprint density at radius 1 is 0.682 bits per heavy atom. The molecule has 44 heavy (non-hydrogen) atoms. The van der Waals surface area contributed by atoms with E-state index in [2.05, 4.69) is 51.3 Å². The average Bonchev–Trinajstić information content (AvgIpc) is 3.39. The van der Waals surface area contributed by atoms with Gasteiger partial charge in [0.25, 0.3) is 0 Å². The van der Waals surface area contributed by atoms with E-state index < -0.39 is 0 Å². The predicted octanol–water partition coefficient (Wildman–Crippen LogP) is 8.32. The molecule has 11 atom stereocenters. The van der Waals surface area contributed by atoms with Crippen LogP contribution in [0.4, 0.5) is 0 Å². The minimum Gasteiger partial charge on any atom is -0.393 e. The lowest BCUT2D eigenvalue weighted by molar-refractivity contribution is -0.249. The van der Waals surface area contributed by atoms with Gasteiger partial charge in [-0.05, 0) is 172 Å². The molecule has 0 aromatic heterocycles. The van der Waals surface area contributed by atoms with Gasteiger partial charge in [-0.2, -0.15) is 0 Å². The van der Waals surface area contributed by atoms with Crippen LogP contribution < -0.4 is 0 Å². The first-order valence-electron chi connectivity index (χ1n) is 19.5. The highest BCUT2D eigenvalue weighted by atomic mass is 16.3. The summed E-state index contributed by atoms with van der Waals surface area (Å²) in [5, 5.41) is 11.1. The van der Waals surface area contributed by atoms with Crippen LogP contribution in [0.25, 0.3) is 0 Å². The summed E-state index contributed by atoms with van der Waals surface area (Å²) in [6.45, 7) is 20.1. The lowest BCUT2D eigenvalue weighted by Gasteiger charge is -2.73. The van der Waals surface area contributed by atoms with Crippen molar-refractivity contribution in [3.8, 4) is 0 Å². The van der Waals surface area contributed by atoms with Gasteiger partial charge in [-0.15, -0.1) is 0 Å². The number of nitrogens with zero attached hydrogens (tertiary/aromatic N) is 2. The van der Waals surface area contributed by atoms with Crippen LogP contribution in [-0.4, -0.2) is 59.1 Å². The number of aliphatic hydroxyl groups is 1. The molecule has 8 rings (SSSR count). The number of carbonyl (C=O) groups is 1. The minimum atomic E-state index is -0.156. The first-order chi connectivity index (χ1) is 20.8. The van der Waals surface area contributed by atoms with Crippen LogP contribution in [0.3, 0.4) is 0 Å². The Morgan fingerprint density at radius 3 is 2.16 bits per heavy atom. The molecule has 248 valence electrons. The van der Waals surface area contributed by atoms with E-state index in [1.165, 1.54) is 103 Å². The average molecular weight is 607 g/mol. The molecule has 2 saturated heterocycles. The van der Waals surface area contributed by atoms with E-state index in [0.717, 1.165) is 37.8 Å². The van der Waals surface area contributed by atoms with Crippen LogP contribution in [0.5, 0.6) is 0 Å². The van der Waals surface area contributed by atoms with Gasteiger partial charge in [0.2, 0.25) is 5.91 Å². The van der Waals surface area contributed by atoms with Crippen molar-refractivity contribution < 1.29 is 9.90 Å². The summed E-state index contributed by atoms with van der Waals surface area (Å²) in [6, 6.07) is 0.452. The van der Waals surface area contributed by atoms with E-state index in [1.807, 2.05) is 0 Å². The third kappa shape index (κ3) is 3.97. The molecule has 2 aliphatic heterocycles. The zero-order chi connectivity index (χ0) is 30.9. The standard InChI is InChI=1S/C40H66N2O2/c1-35(2)30-14-17-39(6)31(37(30,4)16-15-32(35)43)12-11-29-33-28(36(3)19-20-36)13-18-40(33,22-21-38(29,39)5)34(44)42-25-9-10-27(42)26-41-23-7-8-24-41/h27-33,43H,7-26H2,1-6H3/t27-,28+,29+,30-,31+,32-,33+,37-,38+,39+,40-/m0/s1. The van der Waals surface area contributed by atoms with E-state index >= 15 is 4.79 Å². The third-order valence-electron chi connectivity index (χ3n) is 18.1. The molecule has 0 bridgehead atoms. The topological polar surface area (TPSA) is 43.8 Å². The zero-order valence-electron chi connectivity index (χ0n) is 29.4. The molecule has 4 nitrogen and oxygen atoms in total. The van der Waals surface area contributed by atoms with Gasteiger partial charge in [-0.25, -0.2) is 0 Å². The Kier molecular flexibility index (Phi) is 6.95. The molecule has 4 heteroatoms. The summed E-state index contributed by atoms with van der Waals surface area (Å²) in [6.07, 6.45) is 20.1. The van der Waals surface area contributed by atoms with Gasteiger partial charge >= 0.3 is 0 Å². The fourth-order valence-electron chi connectivity index (χ4n) is 15.1. The molecule has 0 aromatic rings. The molecule has 8 fully saturated rings. The summed E-state index contributed by atoms with van der Waals surface area (Å²) in [5.74, 6) is 3.99. The van der Waals surface area contributed by atoms with Crippen LogP contribution in [0.15, 0.2) is 0 Å². The number of aliphatic hydroxyl groups excluding tert-OH is 1. The summed E-state index contributed by atoms with van der Waals surface area (Å²) < 4.78 is 0. The number of likely N-dealkylation sites (tertiary alicyclic amines) is 2.